The topological polar surface area (TPSA) is 75.9 Å². The highest BCUT2D eigenvalue weighted by Gasteiger charge is 2.15. The van der Waals surface area contributed by atoms with E-state index in [1.54, 1.807) is 12.4 Å². The fourth-order valence-corrected chi connectivity index (χ4v) is 3.79. The Bertz CT molecular complexity index is 851. The first-order chi connectivity index (χ1) is 13.7. The van der Waals surface area contributed by atoms with Gasteiger partial charge in [0.2, 0.25) is 0 Å². The number of hydrogen-bond acceptors (Lipinski definition) is 6. The number of aliphatic hydroxyl groups is 1. The molecule has 0 saturated carbocycles. The van der Waals surface area contributed by atoms with Crippen LogP contribution in [-0.4, -0.2) is 36.8 Å². The molecule has 3 rings (SSSR count). The molecule has 2 N–H and O–H groups in total. The van der Waals surface area contributed by atoms with Crippen LogP contribution in [0.2, 0.25) is 0 Å². The van der Waals surface area contributed by atoms with Gasteiger partial charge in [0.1, 0.15) is 6.23 Å². The average Bonchev–Trinajstić information content (AvgIpc) is 3.15. The van der Waals surface area contributed by atoms with Crippen molar-refractivity contribution < 1.29 is 5.11 Å². The Morgan fingerprint density at radius 3 is 2.64 bits per heavy atom. The minimum Gasteiger partial charge on any atom is -0.373 e. The first-order valence-corrected chi connectivity index (χ1v) is 10.7. The van der Waals surface area contributed by atoms with Crippen molar-refractivity contribution in [2.45, 2.75) is 51.0 Å². The van der Waals surface area contributed by atoms with E-state index in [9.17, 15) is 5.11 Å². The average molecular weight is 398 g/mol. The predicted octanol–water partition coefficient (Wildman–Crippen LogP) is 4.23. The van der Waals surface area contributed by atoms with Gasteiger partial charge in [0.05, 0.1) is 0 Å². The number of nitrogens with one attached hydrogen (secondary N) is 1. The van der Waals surface area contributed by atoms with Gasteiger partial charge in [-0.1, -0.05) is 37.2 Å². The van der Waals surface area contributed by atoms with Gasteiger partial charge in [0.25, 0.3) is 0 Å². The molecule has 0 radical (unpaired) electrons. The summed E-state index contributed by atoms with van der Waals surface area (Å²) < 4.78 is 2.04. The van der Waals surface area contributed by atoms with Gasteiger partial charge < -0.3 is 15.0 Å². The third-order valence-electron chi connectivity index (χ3n) is 4.43. The van der Waals surface area contributed by atoms with Gasteiger partial charge in [0, 0.05) is 35.9 Å². The monoisotopic (exact) mass is 397 g/mol. The maximum atomic E-state index is 10.4. The second-order valence-electron chi connectivity index (χ2n) is 6.56. The van der Waals surface area contributed by atoms with E-state index < -0.39 is 6.23 Å². The van der Waals surface area contributed by atoms with Crippen molar-refractivity contribution in [1.29, 1.82) is 0 Å². The van der Waals surface area contributed by atoms with E-state index in [-0.39, 0.29) is 0 Å². The van der Waals surface area contributed by atoms with Gasteiger partial charge in [-0.2, -0.15) is 0 Å². The molecule has 0 amide bonds. The summed E-state index contributed by atoms with van der Waals surface area (Å²) in [6, 6.07) is 12.1. The number of anilines is 1. The summed E-state index contributed by atoms with van der Waals surface area (Å²) in [6.45, 7) is 5.01. The van der Waals surface area contributed by atoms with Crippen LogP contribution in [0.4, 0.5) is 5.69 Å². The van der Waals surface area contributed by atoms with Crippen molar-refractivity contribution >= 4 is 17.4 Å². The largest absolute Gasteiger partial charge is 0.373 e. The molecule has 0 aliphatic heterocycles. The number of aliphatic hydroxyl groups excluding tert-OH is 1. The van der Waals surface area contributed by atoms with Crippen LogP contribution in [0, 0.1) is 0 Å². The van der Waals surface area contributed by atoms with Gasteiger partial charge in [-0.3, -0.25) is 4.98 Å². The first-order valence-electron chi connectivity index (χ1n) is 9.71. The first kappa shape index (κ1) is 20.4. The van der Waals surface area contributed by atoms with Crippen molar-refractivity contribution in [2.24, 2.45) is 0 Å². The summed E-state index contributed by atoms with van der Waals surface area (Å²) >= 11 is 1.49. The van der Waals surface area contributed by atoms with Crippen LogP contribution in [0.25, 0.3) is 11.4 Å². The molecule has 1 unspecified atom stereocenters. The number of nitrogens with zero attached hydrogens (tertiary/aromatic N) is 4. The molecule has 6 nitrogen and oxygen atoms in total. The van der Waals surface area contributed by atoms with Crippen LogP contribution in [0.5, 0.6) is 0 Å². The van der Waals surface area contributed by atoms with Crippen LogP contribution >= 0.6 is 11.8 Å². The van der Waals surface area contributed by atoms with E-state index in [0.717, 1.165) is 35.2 Å². The number of unbranched alkanes of at least 4 members (excludes halogenated alkanes) is 1. The third-order valence-corrected chi connectivity index (χ3v) is 5.47. The molecule has 0 fully saturated rings. The van der Waals surface area contributed by atoms with Crippen molar-refractivity contribution in [2.75, 3.05) is 11.1 Å². The summed E-state index contributed by atoms with van der Waals surface area (Å²) in [5.74, 6) is 1.27. The number of thioether (sulfide) groups is 1. The highest BCUT2D eigenvalue weighted by atomic mass is 32.2. The number of pyridine rings is 1. The normalized spacial score (nSPS) is 12.1. The molecule has 0 spiro atoms. The maximum absolute atomic E-state index is 10.4. The quantitative estimate of drug-likeness (QED) is 0.394. The van der Waals surface area contributed by atoms with E-state index in [4.69, 9.17) is 0 Å². The highest BCUT2D eigenvalue weighted by molar-refractivity contribution is 7.99. The Balaban J connectivity index is 1.57. The molecular formula is C21H27N5OS. The van der Waals surface area contributed by atoms with Crippen molar-refractivity contribution in [3.63, 3.8) is 0 Å². The Morgan fingerprint density at radius 2 is 1.96 bits per heavy atom. The molecular weight excluding hydrogens is 370 g/mol. The molecule has 0 aliphatic rings. The molecule has 28 heavy (non-hydrogen) atoms. The predicted molar refractivity (Wildman–Crippen MR) is 114 cm³/mol. The molecule has 2 heterocycles. The van der Waals surface area contributed by atoms with Crippen LogP contribution in [-0.2, 0) is 13.0 Å². The molecule has 1 atom stereocenters. The summed E-state index contributed by atoms with van der Waals surface area (Å²) in [4.78, 5) is 4.15. The van der Waals surface area contributed by atoms with Gasteiger partial charge in [-0.05, 0) is 49.6 Å². The van der Waals surface area contributed by atoms with Gasteiger partial charge in [-0.15, -0.1) is 10.2 Å². The molecule has 7 heteroatoms. The van der Waals surface area contributed by atoms with Crippen molar-refractivity contribution in [1.82, 2.24) is 19.7 Å². The van der Waals surface area contributed by atoms with E-state index >= 15 is 0 Å². The Kier molecular flexibility index (Phi) is 7.45. The molecule has 1 aromatic carbocycles. The smallest absolute Gasteiger partial charge is 0.191 e. The zero-order valence-corrected chi connectivity index (χ0v) is 17.2. The zero-order valence-electron chi connectivity index (χ0n) is 16.4. The summed E-state index contributed by atoms with van der Waals surface area (Å²) in [7, 11) is 0. The summed E-state index contributed by atoms with van der Waals surface area (Å²) in [5.41, 5.74) is 3.18. The fraction of sp³-hybridized carbons (Fsp3) is 0.381. The van der Waals surface area contributed by atoms with Gasteiger partial charge in [0.15, 0.2) is 11.0 Å². The lowest BCUT2D eigenvalue weighted by atomic mass is 10.1. The maximum Gasteiger partial charge on any atom is 0.191 e. The summed E-state index contributed by atoms with van der Waals surface area (Å²) in [5, 5.41) is 22.9. The number of benzene rings is 1. The molecule has 0 aliphatic carbocycles. The lowest BCUT2D eigenvalue weighted by Gasteiger charge is -2.14. The molecule has 148 valence electrons. The number of aromatic nitrogens is 4. The van der Waals surface area contributed by atoms with E-state index in [2.05, 4.69) is 46.5 Å². The lowest BCUT2D eigenvalue weighted by molar-refractivity contribution is 0.229. The Morgan fingerprint density at radius 1 is 1.14 bits per heavy atom. The SMILES string of the molecule is CCCCc1ccc(NC(O)CSc2nnc(-c3cccnc3)n2CC)cc1. The zero-order chi connectivity index (χ0) is 19.8. The third kappa shape index (κ3) is 5.33. The van der Waals surface area contributed by atoms with Crippen molar-refractivity contribution in [3.8, 4) is 11.4 Å². The second-order valence-corrected chi connectivity index (χ2v) is 7.55. The molecule has 0 saturated heterocycles. The highest BCUT2D eigenvalue weighted by Crippen LogP contribution is 2.24. The molecule has 3 aromatic rings. The van der Waals surface area contributed by atoms with E-state index in [1.807, 2.05) is 28.8 Å². The number of hydrogen-bond donors (Lipinski definition) is 2. The van der Waals surface area contributed by atoms with Crippen LogP contribution < -0.4 is 5.32 Å². The van der Waals surface area contributed by atoms with Gasteiger partial charge in [-0.25, -0.2) is 0 Å². The Labute approximate surface area is 170 Å². The molecule has 0 bridgehead atoms. The minimum atomic E-state index is -0.671. The van der Waals surface area contributed by atoms with Crippen LogP contribution in [0.15, 0.2) is 53.9 Å². The number of rotatable bonds is 10. The number of aryl methyl sites for hydroxylation is 1. The minimum absolute atomic E-state index is 0.475. The van der Waals surface area contributed by atoms with Gasteiger partial charge >= 0.3 is 0 Å². The fourth-order valence-electron chi connectivity index (χ4n) is 2.93. The summed E-state index contributed by atoms with van der Waals surface area (Å²) in [6.07, 6.45) is 6.35. The van der Waals surface area contributed by atoms with E-state index in [0.29, 0.717) is 5.75 Å². The van der Waals surface area contributed by atoms with Crippen LogP contribution in [0.3, 0.4) is 0 Å². The lowest BCUT2D eigenvalue weighted by Crippen LogP contribution is -2.21. The van der Waals surface area contributed by atoms with Crippen LogP contribution in [0.1, 0.15) is 32.3 Å². The second kappa shape index (κ2) is 10.2. The standard InChI is InChI=1S/C21H27N5OS/c1-3-5-7-16-9-11-18(12-10-16)23-19(27)15-28-21-25-24-20(26(21)4-2)17-8-6-13-22-14-17/h6,8-14,19,23,27H,3-5,7,15H2,1-2H3. The Hall–Kier alpha value is -2.38. The van der Waals surface area contributed by atoms with E-state index in [1.165, 1.54) is 30.2 Å². The van der Waals surface area contributed by atoms with Crippen molar-refractivity contribution in [3.05, 3.63) is 54.4 Å². The molecule has 2 aromatic heterocycles.